The Morgan fingerprint density at radius 2 is 1.59 bits per heavy atom. The van der Waals surface area contributed by atoms with Crippen LogP contribution in [0.4, 0.5) is 5.69 Å². The summed E-state index contributed by atoms with van der Waals surface area (Å²) >= 11 is 10.6. The number of methoxy groups -OCH3 is 3. The molecule has 3 aromatic rings. The fourth-order valence-corrected chi connectivity index (χ4v) is 4.09. The average Bonchev–Trinajstić information content (AvgIpc) is 3.41. The number of anilines is 1. The minimum Gasteiger partial charge on any atom is -0.496 e. The van der Waals surface area contributed by atoms with Gasteiger partial charge in [-0.05, 0) is 55.1 Å². The van der Waals surface area contributed by atoms with Crippen molar-refractivity contribution in [3.8, 4) is 22.9 Å². The van der Waals surface area contributed by atoms with E-state index < -0.39 is 0 Å². The second-order valence-corrected chi connectivity index (χ2v) is 7.56. The number of benzene rings is 2. The largest absolute Gasteiger partial charge is 0.496 e. The van der Waals surface area contributed by atoms with Gasteiger partial charge in [0.2, 0.25) is 0 Å². The Hall–Kier alpha value is -2.78. The third-order valence-electron chi connectivity index (χ3n) is 5.06. The molecule has 152 valence electrons. The van der Waals surface area contributed by atoms with Gasteiger partial charge in [0, 0.05) is 29.3 Å². The first-order valence-corrected chi connectivity index (χ1v) is 9.94. The number of hydrogen-bond acceptors (Lipinski definition) is 6. The van der Waals surface area contributed by atoms with E-state index in [2.05, 4.69) is 15.5 Å². The molecule has 4 rings (SSSR count). The average molecular weight is 431 g/mol. The van der Waals surface area contributed by atoms with Crippen molar-refractivity contribution >= 4 is 30.1 Å². The molecule has 0 radical (unpaired) electrons. The lowest BCUT2D eigenvalue weighted by molar-refractivity contribution is 0.347. The number of ether oxygens (including phenoxy) is 3. The number of H-pyrrole nitrogens is 2. The van der Waals surface area contributed by atoms with Crippen molar-refractivity contribution in [2.45, 2.75) is 18.4 Å². The molecule has 1 saturated carbocycles. The van der Waals surface area contributed by atoms with Gasteiger partial charge in [0.1, 0.15) is 5.75 Å². The van der Waals surface area contributed by atoms with Gasteiger partial charge in [0.25, 0.3) is 0 Å². The zero-order chi connectivity index (χ0) is 20.5. The van der Waals surface area contributed by atoms with Gasteiger partial charge in [-0.1, -0.05) is 6.07 Å². The third kappa shape index (κ3) is 3.75. The Labute approximate surface area is 178 Å². The van der Waals surface area contributed by atoms with Crippen LogP contribution in [0.25, 0.3) is 5.69 Å². The Morgan fingerprint density at radius 3 is 2.24 bits per heavy atom. The molecule has 1 aliphatic carbocycles. The highest BCUT2D eigenvalue weighted by atomic mass is 32.1. The molecule has 9 heteroatoms. The Balaban J connectivity index is 1.56. The van der Waals surface area contributed by atoms with E-state index in [9.17, 15) is 0 Å². The number of rotatable bonds is 7. The summed E-state index contributed by atoms with van der Waals surface area (Å²) in [4.78, 5) is 0. The third-order valence-corrected chi connectivity index (χ3v) is 5.63. The van der Waals surface area contributed by atoms with E-state index in [1.54, 1.807) is 25.9 Å². The second kappa shape index (κ2) is 7.92. The van der Waals surface area contributed by atoms with Gasteiger partial charge in [-0.25, -0.2) is 0 Å². The molecule has 2 aromatic carbocycles. The fourth-order valence-electron chi connectivity index (χ4n) is 3.54. The highest BCUT2D eigenvalue weighted by Gasteiger charge is 2.41. The summed E-state index contributed by atoms with van der Waals surface area (Å²) in [6.07, 6.45) is 1.000. The van der Waals surface area contributed by atoms with E-state index in [0.29, 0.717) is 33.0 Å². The summed E-state index contributed by atoms with van der Waals surface area (Å²) < 4.78 is 19.3. The van der Waals surface area contributed by atoms with Crippen LogP contribution in [0.5, 0.6) is 17.2 Å². The quantitative estimate of drug-likeness (QED) is 0.476. The van der Waals surface area contributed by atoms with Crippen LogP contribution in [0.2, 0.25) is 0 Å². The number of nitrogens with zero attached hydrogens (tertiary/aromatic N) is 1. The van der Waals surface area contributed by atoms with Crippen LogP contribution in [0, 0.1) is 9.54 Å². The van der Waals surface area contributed by atoms with Crippen molar-refractivity contribution in [2.24, 2.45) is 0 Å². The van der Waals surface area contributed by atoms with Gasteiger partial charge in [-0.3, -0.25) is 14.8 Å². The molecule has 1 heterocycles. The molecule has 0 bridgehead atoms. The van der Waals surface area contributed by atoms with Gasteiger partial charge < -0.3 is 19.5 Å². The molecule has 1 fully saturated rings. The molecular weight excluding hydrogens is 408 g/mol. The molecule has 29 heavy (non-hydrogen) atoms. The molecular formula is C20H22N4O3S2. The highest BCUT2D eigenvalue weighted by Crippen LogP contribution is 2.49. The monoisotopic (exact) mass is 430 g/mol. The predicted molar refractivity (Wildman–Crippen MR) is 117 cm³/mol. The summed E-state index contributed by atoms with van der Waals surface area (Å²) in [5.41, 5.74) is 3.02. The van der Waals surface area contributed by atoms with Crippen LogP contribution in [0.15, 0.2) is 36.4 Å². The second-order valence-electron chi connectivity index (χ2n) is 6.79. The van der Waals surface area contributed by atoms with E-state index >= 15 is 0 Å². The van der Waals surface area contributed by atoms with Crippen LogP contribution in [-0.2, 0) is 0 Å². The zero-order valence-electron chi connectivity index (χ0n) is 16.3. The Bertz CT molecular complexity index is 1120. The van der Waals surface area contributed by atoms with Crippen LogP contribution in [0.3, 0.4) is 0 Å². The minimum atomic E-state index is 0.297. The lowest BCUT2D eigenvalue weighted by atomic mass is 10.1. The first-order valence-electron chi connectivity index (χ1n) is 9.12. The molecule has 0 saturated heterocycles. The predicted octanol–water partition coefficient (Wildman–Crippen LogP) is 4.59. The summed E-state index contributed by atoms with van der Waals surface area (Å²) in [6, 6.07) is 12.2. The molecule has 2 unspecified atom stereocenters. The Kier molecular flexibility index (Phi) is 5.33. The van der Waals surface area contributed by atoms with Crippen LogP contribution in [0.1, 0.15) is 17.9 Å². The fraction of sp³-hybridized carbons (Fsp3) is 0.300. The molecule has 1 aromatic heterocycles. The summed E-state index contributed by atoms with van der Waals surface area (Å²) in [7, 11) is 4.93. The van der Waals surface area contributed by atoms with Gasteiger partial charge in [0.15, 0.2) is 21.0 Å². The topological polar surface area (TPSA) is 76.2 Å². The number of hydrogen-bond donors (Lipinski definition) is 3. The lowest BCUT2D eigenvalue weighted by Gasteiger charge is -2.14. The molecule has 1 aliphatic rings. The maximum atomic E-state index is 5.58. The zero-order valence-corrected chi connectivity index (χ0v) is 17.9. The molecule has 0 aliphatic heterocycles. The van der Waals surface area contributed by atoms with Crippen molar-refractivity contribution in [1.82, 2.24) is 14.8 Å². The smallest absolute Gasteiger partial charge is 0.198 e. The SMILES string of the molecule is COc1cc(OC)c(C2CC2Nc2cccc(-n3c(=S)[nH][nH]c3=S)c2)cc1OC. The standard InChI is InChI=1S/C20H22N4O3S2/c1-25-16-10-18(27-3)17(26-2)9-14(16)13-8-15(13)21-11-5-4-6-12(7-11)24-19(28)22-23-20(24)29/h4-7,9-10,13,15,21H,8H2,1-3H3,(H,22,28)(H,23,29). The van der Waals surface area contributed by atoms with Crippen LogP contribution in [-0.4, -0.2) is 42.1 Å². The van der Waals surface area contributed by atoms with Crippen molar-refractivity contribution in [3.63, 3.8) is 0 Å². The molecule has 7 nitrogen and oxygen atoms in total. The Morgan fingerprint density at radius 1 is 0.931 bits per heavy atom. The van der Waals surface area contributed by atoms with E-state index in [-0.39, 0.29) is 0 Å². The van der Waals surface area contributed by atoms with E-state index in [4.69, 9.17) is 38.6 Å². The van der Waals surface area contributed by atoms with Gasteiger partial charge in [0.05, 0.1) is 27.0 Å². The highest BCUT2D eigenvalue weighted by molar-refractivity contribution is 7.72. The number of aromatic amines is 2. The van der Waals surface area contributed by atoms with Crippen LogP contribution < -0.4 is 19.5 Å². The molecule has 3 N–H and O–H groups in total. The first-order chi connectivity index (χ1) is 14.0. The van der Waals surface area contributed by atoms with Crippen LogP contribution >= 0.6 is 24.4 Å². The van der Waals surface area contributed by atoms with E-state index in [1.165, 1.54) is 0 Å². The summed E-state index contributed by atoms with van der Waals surface area (Å²) in [5.74, 6) is 2.49. The van der Waals surface area contributed by atoms with E-state index in [0.717, 1.165) is 29.1 Å². The van der Waals surface area contributed by atoms with Gasteiger partial charge in [-0.15, -0.1) is 0 Å². The van der Waals surface area contributed by atoms with Gasteiger partial charge >= 0.3 is 0 Å². The lowest BCUT2D eigenvalue weighted by Crippen LogP contribution is -2.06. The minimum absolute atomic E-state index is 0.297. The summed E-state index contributed by atoms with van der Waals surface area (Å²) in [5, 5.41) is 9.32. The van der Waals surface area contributed by atoms with Crippen molar-refractivity contribution < 1.29 is 14.2 Å². The molecule has 0 spiro atoms. The molecule has 0 amide bonds. The van der Waals surface area contributed by atoms with Crippen molar-refractivity contribution in [1.29, 1.82) is 0 Å². The first kappa shape index (κ1) is 19.5. The van der Waals surface area contributed by atoms with E-state index in [1.807, 2.05) is 36.4 Å². The van der Waals surface area contributed by atoms with Crippen molar-refractivity contribution in [3.05, 3.63) is 51.5 Å². The van der Waals surface area contributed by atoms with Gasteiger partial charge in [-0.2, -0.15) is 0 Å². The number of aromatic nitrogens is 3. The van der Waals surface area contributed by atoms with Crippen molar-refractivity contribution in [2.75, 3.05) is 26.6 Å². The maximum Gasteiger partial charge on any atom is 0.198 e. The maximum absolute atomic E-state index is 5.58. The molecule has 2 atom stereocenters. The number of nitrogens with one attached hydrogen (secondary N) is 3. The summed E-state index contributed by atoms with van der Waals surface area (Å²) in [6.45, 7) is 0. The normalized spacial score (nSPS) is 17.6.